The second kappa shape index (κ2) is 14.0. The van der Waals surface area contributed by atoms with Crippen molar-refractivity contribution in [3.05, 3.63) is 119 Å². The fraction of sp³-hybridized carbons (Fsp3) is 0.219. The van der Waals surface area contributed by atoms with Crippen molar-refractivity contribution in [2.24, 2.45) is 0 Å². The van der Waals surface area contributed by atoms with Crippen LogP contribution in [0, 0.1) is 5.82 Å². The number of hydrogen-bond acceptors (Lipinski definition) is 7. The van der Waals surface area contributed by atoms with Crippen LogP contribution in [-0.2, 0) is 34.5 Å². The zero-order chi connectivity index (χ0) is 30.1. The summed E-state index contributed by atoms with van der Waals surface area (Å²) in [5.74, 6) is -1.36. The number of methoxy groups -OCH3 is 1. The third kappa shape index (κ3) is 7.65. The Morgan fingerprint density at radius 2 is 1.69 bits per heavy atom. The van der Waals surface area contributed by atoms with Gasteiger partial charge in [0.2, 0.25) is 5.91 Å². The fourth-order valence-electron chi connectivity index (χ4n) is 4.38. The van der Waals surface area contributed by atoms with Gasteiger partial charge in [-0.05, 0) is 66.4 Å². The Morgan fingerprint density at radius 1 is 0.952 bits per heavy atom. The Bertz CT molecular complexity index is 1630. The maximum atomic E-state index is 13.7. The lowest BCUT2D eigenvalue weighted by atomic mass is 9.94. The number of aliphatic hydroxyl groups is 1. The van der Waals surface area contributed by atoms with Gasteiger partial charge in [-0.15, -0.1) is 0 Å². The first-order valence-corrected chi connectivity index (χ1v) is 14.7. The number of carbonyl (C=O) groups excluding carboxylic acids is 1. The van der Waals surface area contributed by atoms with E-state index >= 15 is 0 Å². The van der Waals surface area contributed by atoms with Gasteiger partial charge in [-0.1, -0.05) is 54.6 Å². The number of halogens is 1. The van der Waals surface area contributed by atoms with Crippen LogP contribution in [0.3, 0.4) is 0 Å². The summed E-state index contributed by atoms with van der Waals surface area (Å²) in [6.07, 6.45) is 0.552. The Labute approximate surface area is 244 Å². The zero-order valence-corrected chi connectivity index (χ0v) is 24.1. The maximum Gasteiger partial charge on any atom is 0.339 e. The molecule has 0 aliphatic carbocycles. The summed E-state index contributed by atoms with van der Waals surface area (Å²) < 4.78 is 56.0. The molecule has 0 saturated heterocycles. The number of carbonyl (C=O) groups is 1. The molecule has 0 radical (unpaired) electrons. The number of hydrogen-bond donors (Lipinski definition) is 2. The van der Waals surface area contributed by atoms with E-state index in [0.29, 0.717) is 25.1 Å². The first-order chi connectivity index (χ1) is 20.2. The van der Waals surface area contributed by atoms with Gasteiger partial charge in [0.1, 0.15) is 23.1 Å². The SMILES string of the molecule is COc1ccc(C(C)C(=O)NCCc2cccc(OCc3ccccc3)c2)c(CO)c1OS(=O)(=O)c1cccc(F)c1. The molecular formula is C32H32FNO7S. The zero-order valence-electron chi connectivity index (χ0n) is 23.2. The van der Waals surface area contributed by atoms with Crippen LogP contribution >= 0.6 is 0 Å². The van der Waals surface area contributed by atoms with Gasteiger partial charge in [0, 0.05) is 12.1 Å². The minimum atomic E-state index is -4.47. The molecule has 1 amide bonds. The molecule has 220 valence electrons. The second-order valence-corrected chi connectivity index (χ2v) is 11.0. The molecule has 0 bridgehead atoms. The van der Waals surface area contributed by atoms with Crippen LogP contribution in [0.15, 0.2) is 95.9 Å². The number of ether oxygens (including phenoxy) is 2. The molecule has 4 aromatic carbocycles. The van der Waals surface area contributed by atoms with Gasteiger partial charge in [-0.25, -0.2) is 4.39 Å². The van der Waals surface area contributed by atoms with Crippen LogP contribution in [0.25, 0.3) is 0 Å². The number of amides is 1. The highest BCUT2D eigenvalue weighted by Gasteiger charge is 2.27. The van der Waals surface area contributed by atoms with Crippen molar-refractivity contribution in [2.75, 3.05) is 13.7 Å². The minimum absolute atomic E-state index is 0.0322. The molecule has 2 N–H and O–H groups in total. The molecule has 1 unspecified atom stereocenters. The van der Waals surface area contributed by atoms with E-state index in [9.17, 15) is 22.7 Å². The molecule has 10 heteroatoms. The van der Waals surface area contributed by atoms with Crippen molar-refractivity contribution in [2.45, 2.75) is 37.4 Å². The van der Waals surface area contributed by atoms with E-state index < -0.39 is 33.4 Å². The van der Waals surface area contributed by atoms with Crippen molar-refractivity contribution in [3.63, 3.8) is 0 Å². The standard InChI is InChI=1S/C32H32FNO7S/c1-22(32(36)34-17-16-23-10-6-12-26(18-23)40-21-24-8-4-3-5-9-24)28-14-15-30(39-2)31(29(28)20-35)41-42(37,38)27-13-7-11-25(33)19-27/h3-15,18-19,22,35H,16-17,20-21H2,1-2H3,(H,34,36). The molecule has 0 aliphatic rings. The summed E-state index contributed by atoms with van der Waals surface area (Å²) in [5.41, 5.74) is 2.47. The van der Waals surface area contributed by atoms with Gasteiger partial charge < -0.3 is 24.1 Å². The van der Waals surface area contributed by atoms with Gasteiger partial charge in [-0.3, -0.25) is 4.79 Å². The van der Waals surface area contributed by atoms with Gasteiger partial charge in [-0.2, -0.15) is 8.42 Å². The highest BCUT2D eigenvalue weighted by atomic mass is 32.2. The third-order valence-corrected chi connectivity index (χ3v) is 7.85. The number of nitrogens with one attached hydrogen (secondary N) is 1. The van der Waals surface area contributed by atoms with E-state index in [0.717, 1.165) is 29.0 Å². The lowest BCUT2D eigenvalue weighted by molar-refractivity contribution is -0.122. The van der Waals surface area contributed by atoms with E-state index in [-0.39, 0.29) is 23.0 Å². The van der Waals surface area contributed by atoms with E-state index in [1.54, 1.807) is 13.0 Å². The Balaban J connectivity index is 1.43. The van der Waals surface area contributed by atoms with Crippen molar-refractivity contribution in [3.8, 4) is 17.2 Å². The highest BCUT2D eigenvalue weighted by molar-refractivity contribution is 7.87. The molecule has 4 aromatic rings. The average Bonchev–Trinajstić information content (AvgIpc) is 3.00. The third-order valence-electron chi connectivity index (χ3n) is 6.64. The van der Waals surface area contributed by atoms with E-state index in [1.807, 2.05) is 54.6 Å². The molecule has 0 heterocycles. The number of rotatable bonds is 13. The summed E-state index contributed by atoms with van der Waals surface area (Å²) in [6, 6.07) is 24.9. The summed E-state index contributed by atoms with van der Waals surface area (Å²) in [5, 5.41) is 13.1. The fourth-order valence-corrected chi connectivity index (χ4v) is 5.38. The molecular weight excluding hydrogens is 561 g/mol. The van der Waals surface area contributed by atoms with Crippen molar-refractivity contribution in [1.29, 1.82) is 0 Å². The van der Waals surface area contributed by atoms with E-state index in [1.165, 1.54) is 25.3 Å². The minimum Gasteiger partial charge on any atom is -0.493 e. The largest absolute Gasteiger partial charge is 0.493 e. The molecule has 0 aliphatic heterocycles. The normalized spacial score (nSPS) is 11.9. The summed E-state index contributed by atoms with van der Waals surface area (Å²) in [7, 11) is -3.16. The lowest BCUT2D eigenvalue weighted by Gasteiger charge is -2.20. The molecule has 0 aromatic heterocycles. The molecule has 1 atom stereocenters. The summed E-state index contributed by atoms with van der Waals surface area (Å²) in [4.78, 5) is 12.7. The molecule has 42 heavy (non-hydrogen) atoms. The molecule has 8 nitrogen and oxygen atoms in total. The van der Waals surface area contributed by atoms with Crippen molar-refractivity contribution < 1.29 is 36.4 Å². The maximum absolute atomic E-state index is 13.7. The van der Waals surface area contributed by atoms with E-state index in [2.05, 4.69) is 5.32 Å². The molecule has 0 saturated carbocycles. The Morgan fingerprint density at radius 3 is 2.40 bits per heavy atom. The van der Waals surface area contributed by atoms with E-state index in [4.69, 9.17) is 13.7 Å². The first kappa shape index (κ1) is 30.5. The number of aliphatic hydroxyl groups excluding tert-OH is 1. The second-order valence-electron chi connectivity index (χ2n) is 9.50. The van der Waals surface area contributed by atoms with Gasteiger partial charge in [0.05, 0.1) is 19.6 Å². The monoisotopic (exact) mass is 593 g/mol. The average molecular weight is 594 g/mol. The van der Waals surface area contributed by atoms with Gasteiger partial charge in [0.15, 0.2) is 11.5 Å². The van der Waals surface area contributed by atoms with Crippen molar-refractivity contribution >= 4 is 16.0 Å². The topological polar surface area (TPSA) is 111 Å². The first-order valence-electron chi connectivity index (χ1n) is 13.3. The summed E-state index contributed by atoms with van der Waals surface area (Å²) in [6.45, 7) is 1.79. The quantitative estimate of drug-likeness (QED) is 0.207. The van der Waals surface area contributed by atoms with Crippen LogP contribution in [-0.4, -0.2) is 33.1 Å². The summed E-state index contributed by atoms with van der Waals surface area (Å²) >= 11 is 0. The van der Waals surface area contributed by atoms with Crippen molar-refractivity contribution in [1.82, 2.24) is 5.32 Å². The Kier molecular flexibility index (Phi) is 10.2. The molecule has 0 spiro atoms. The van der Waals surface area contributed by atoms with Gasteiger partial charge in [0.25, 0.3) is 0 Å². The van der Waals surface area contributed by atoms with Crippen LogP contribution in [0.4, 0.5) is 4.39 Å². The van der Waals surface area contributed by atoms with Crippen LogP contribution in [0.5, 0.6) is 17.2 Å². The predicted molar refractivity (Wildman–Crippen MR) is 155 cm³/mol. The smallest absolute Gasteiger partial charge is 0.339 e. The van der Waals surface area contributed by atoms with Crippen LogP contribution in [0.1, 0.15) is 35.1 Å². The molecule has 0 fully saturated rings. The number of benzene rings is 4. The van der Waals surface area contributed by atoms with Gasteiger partial charge >= 0.3 is 10.1 Å². The lowest BCUT2D eigenvalue weighted by Crippen LogP contribution is -2.30. The predicted octanol–water partition coefficient (Wildman–Crippen LogP) is 5.14. The molecule has 4 rings (SSSR count). The van der Waals surface area contributed by atoms with Crippen LogP contribution < -0.4 is 19.0 Å². The Hall–Kier alpha value is -4.41. The highest BCUT2D eigenvalue weighted by Crippen LogP contribution is 2.38. The van der Waals surface area contributed by atoms with Crippen LogP contribution in [0.2, 0.25) is 0 Å².